The largest absolute Gasteiger partial charge is 0.396 e. The third-order valence-electron chi connectivity index (χ3n) is 2.30. The molecule has 1 rings (SSSR count). The number of aliphatic hydroxyl groups is 1. The molecule has 0 aliphatic carbocycles. The quantitative estimate of drug-likeness (QED) is 0.536. The van der Waals surface area contributed by atoms with E-state index in [1.807, 2.05) is 0 Å². The average Bonchev–Trinajstić information content (AvgIpc) is 2.41. The number of hydrogen-bond acceptors (Lipinski definition) is 5. The fourth-order valence-corrected chi connectivity index (χ4v) is 2.36. The van der Waals surface area contributed by atoms with E-state index in [0.717, 1.165) is 17.9 Å². The SMILES string of the molecule is C=CCn1ncc(NCCSCCCO)c(Cl)c1=O. The minimum atomic E-state index is -0.320. The number of aromatic nitrogens is 2. The number of rotatable bonds is 9. The number of thioether (sulfide) groups is 1. The van der Waals surface area contributed by atoms with Gasteiger partial charge in [0.15, 0.2) is 0 Å². The van der Waals surface area contributed by atoms with Crippen molar-refractivity contribution in [3.63, 3.8) is 0 Å². The van der Waals surface area contributed by atoms with Crippen molar-refractivity contribution >= 4 is 29.1 Å². The van der Waals surface area contributed by atoms with Gasteiger partial charge >= 0.3 is 0 Å². The fraction of sp³-hybridized carbons (Fsp3) is 0.500. The Bertz CT molecular complexity index is 465. The first-order valence-electron chi connectivity index (χ1n) is 5.99. The number of allylic oxidation sites excluding steroid dienone is 1. The summed E-state index contributed by atoms with van der Waals surface area (Å²) in [4.78, 5) is 11.8. The Morgan fingerprint density at radius 1 is 1.58 bits per heavy atom. The van der Waals surface area contributed by atoms with Crippen molar-refractivity contribution < 1.29 is 5.11 Å². The van der Waals surface area contributed by atoms with Crippen LogP contribution in [0.1, 0.15) is 6.42 Å². The molecule has 2 N–H and O–H groups in total. The molecule has 1 heterocycles. The topological polar surface area (TPSA) is 67.2 Å². The number of nitrogens with zero attached hydrogens (tertiary/aromatic N) is 2. The van der Waals surface area contributed by atoms with Crippen LogP contribution in [0, 0.1) is 0 Å². The zero-order valence-corrected chi connectivity index (χ0v) is 12.2. The summed E-state index contributed by atoms with van der Waals surface area (Å²) < 4.78 is 1.26. The molecule has 0 saturated carbocycles. The first kappa shape index (κ1) is 16.1. The van der Waals surface area contributed by atoms with Gasteiger partial charge in [0, 0.05) is 18.9 Å². The van der Waals surface area contributed by atoms with E-state index in [1.165, 1.54) is 4.68 Å². The maximum atomic E-state index is 11.8. The van der Waals surface area contributed by atoms with Gasteiger partial charge in [-0.1, -0.05) is 17.7 Å². The van der Waals surface area contributed by atoms with E-state index in [0.29, 0.717) is 18.8 Å². The van der Waals surface area contributed by atoms with E-state index in [2.05, 4.69) is 17.0 Å². The van der Waals surface area contributed by atoms with E-state index in [-0.39, 0.29) is 17.2 Å². The summed E-state index contributed by atoms with van der Waals surface area (Å²) in [6.07, 6.45) is 3.94. The predicted molar refractivity (Wildman–Crippen MR) is 81.2 cm³/mol. The Morgan fingerprint density at radius 2 is 2.37 bits per heavy atom. The van der Waals surface area contributed by atoms with Gasteiger partial charge in [-0.25, -0.2) is 4.68 Å². The molecule has 0 fully saturated rings. The third-order valence-corrected chi connectivity index (χ3v) is 3.73. The van der Waals surface area contributed by atoms with Crippen LogP contribution >= 0.6 is 23.4 Å². The highest BCUT2D eigenvalue weighted by atomic mass is 35.5. The van der Waals surface area contributed by atoms with Crippen molar-refractivity contribution in [3.8, 4) is 0 Å². The molecule has 19 heavy (non-hydrogen) atoms. The summed E-state index contributed by atoms with van der Waals surface area (Å²) in [5, 5.41) is 15.9. The van der Waals surface area contributed by atoms with Gasteiger partial charge in [-0.2, -0.15) is 16.9 Å². The zero-order chi connectivity index (χ0) is 14.1. The van der Waals surface area contributed by atoms with Crippen LogP contribution in [0.4, 0.5) is 5.69 Å². The van der Waals surface area contributed by atoms with Gasteiger partial charge in [0.05, 0.1) is 18.4 Å². The summed E-state index contributed by atoms with van der Waals surface area (Å²) in [5.74, 6) is 1.80. The number of hydrogen-bond donors (Lipinski definition) is 2. The molecule has 0 spiro atoms. The first-order chi connectivity index (χ1) is 9.20. The highest BCUT2D eigenvalue weighted by molar-refractivity contribution is 7.99. The van der Waals surface area contributed by atoms with Gasteiger partial charge in [-0.15, -0.1) is 6.58 Å². The van der Waals surface area contributed by atoms with Crippen molar-refractivity contribution in [3.05, 3.63) is 34.2 Å². The maximum Gasteiger partial charge on any atom is 0.287 e. The average molecular weight is 304 g/mol. The summed E-state index contributed by atoms with van der Waals surface area (Å²) in [6.45, 7) is 4.82. The lowest BCUT2D eigenvalue weighted by molar-refractivity contribution is 0.296. The Balaban J connectivity index is 2.48. The first-order valence-corrected chi connectivity index (χ1v) is 7.53. The van der Waals surface area contributed by atoms with E-state index < -0.39 is 0 Å². The van der Waals surface area contributed by atoms with Gasteiger partial charge < -0.3 is 10.4 Å². The van der Waals surface area contributed by atoms with E-state index in [9.17, 15) is 4.79 Å². The Hall–Kier alpha value is -0.980. The second-order valence-electron chi connectivity index (χ2n) is 3.76. The van der Waals surface area contributed by atoms with Gasteiger partial charge in [0.25, 0.3) is 5.56 Å². The molecule has 0 amide bonds. The molecule has 0 radical (unpaired) electrons. The van der Waals surface area contributed by atoms with Crippen LogP contribution < -0.4 is 10.9 Å². The fourth-order valence-electron chi connectivity index (χ4n) is 1.37. The van der Waals surface area contributed by atoms with Crippen molar-refractivity contribution in [1.82, 2.24) is 9.78 Å². The highest BCUT2D eigenvalue weighted by Crippen LogP contribution is 2.15. The lowest BCUT2D eigenvalue weighted by Gasteiger charge is -2.09. The van der Waals surface area contributed by atoms with E-state index in [4.69, 9.17) is 16.7 Å². The van der Waals surface area contributed by atoms with Crippen LogP contribution in [0.5, 0.6) is 0 Å². The minimum absolute atomic E-state index is 0.150. The second kappa shape index (κ2) is 9.01. The predicted octanol–water partition coefficient (Wildman–Crippen LogP) is 1.61. The van der Waals surface area contributed by atoms with Crippen molar-refractivity contribution in [2.75, 3.05) is 30.0 Å². The molecule has 0 saturated heterocycles. The van der Waals surface area contributed by atoms with Gasteiger partial charge in [0.2, 0.25) is 0 Å². The summed E-state index contributed by atoms with van der Waals surface area (Å²) in [5.41, 5.74) is 0.231. The van der Waals surface area contributed by atoms with Crippen LogP contribution in [-0.4, -0.2) is 39.5 Å². The highest BCUT2D eigenvalue weighted by Gasteiger charge is 2.07. The van der Waals surface area contributed by atoms with Crippen LogP contribution in [0.15, 0.2) is 23.6 Å². The van der Waals surface area contributed by atoms with Crippen LogP contribution in [-0.2, 0) is 6.54 Å². The number of nitrogens with one attached hydrogen (secondary N) is 1. The molecule has 1 aromatic rings. The molecule has 5 nitrogen and oxygen atoms in total. The number of aliphatic hydroxyl groups excluding tert-OH is 1. The summed E-state index contributed by atoms with van der Waals surface area (Å²) in [6, 6.07) is 0. The molecule has 0 atom stereocenters. The van der Waals surface area contributed by atoms with E-state index >= 15 is 0 Å². The normalized spacial score (nSPS) is 10.4. The Labute approximate surface area is 121 Å². The molecule has 106 valence electrons. The molecule has 0 unspecified atom stereocenters. The van der Waals surface area contributed by atoms with Gasteiger partial charge in [-0.05, 0) is 12.2 Å². The van der Waals surface area contributed by atoms with Gasteiger partial charge in [0.1, 0.15) is 5.02 Å². The molecule has 7 heteroatoms. The lowest BCUT2D eigenvalue weighted by atomic mass is 10.4. The van der Waals surface area contributed by atoms with Crippen LogP contribution in [0.2, 0.25) is 5.02 Å². The Kier molecular flexibility index (Phi) is 7.62. The molecule has 0 bridgehead atoms. The van der Waals surface area contributed by atoms with Crippen molar-refractivity contribution in [2.24, 2.45) is 0 Å². The standard InChI is InChI=1S/C12H18ClN3O2S/c1-2-5-16-12(18)11(13)10(9-15-16)14-4-8-19-7-3-6-17/h2,9,14,17H,1,3-8H2. The van der Waals surface area contributed by atoms with Crippen molar-refractivity contribution in [1.29, 1.82) is 0 Å². The van der Waals surface area contributed by atoms with Crippen LogP contribution in [0.3, 0.4) is 0 Å². The van der Waals surface area contributed by atoms with Gasteiger partial charge in [-0.3, -0.25) is 4.79 Å². The molecular formula is C12H18ClN3O2S. The Morgan fingerprint density at radius 3 is 3.05 bits per heavy atom. The third kappa shape index (κ3) is 5.26. The molecule has 1 aromatic heterocycles. The van der Waals surface area contributed by atoms with Crippen LogP contribution in [0.25, 0.3) is 0 Å². The molecule has 0 aromatic carbocycles. The second-order valence-corrected chi connectivity index (χ2v) is 5.37. The molecule has 0 aliphatic heterocycles. The minimum Gasteiger partial charge on any atom is -0.396 e. The lowest BCUT2D eigenvalue weighted by Crippen LogP contribution is -2.24. The maximum absolute atomic E-state index is 11.8. The smallest absolute Gasteiger partial charge is 0.287 e. The summed E-state index contributed by atoms with van der Waals surface area (Å²) >= 11 is 7.72. The monoisotopic (exact) mass is 303 g/mol. The van der Waals surface area contributed by atoms with E-state index in [1.54, 1.807) is 24.0 Å². The van der Waals surface area contributed by atoms with Crippen molar-refractivity contribution in [2.45, 2.75) is 13.0 Å². The molecule has 0 aliphatic rings. The molecular weight excluding hydrogens is 286 g/mol. The summed E-state index contributed by atoms with van der Waals surface area (Å²) in [7, 11) is 0. The zero-order valence-electron chi connectivity index (χ0n) is 10.6. The number of halogens is 1. The number of anilines is 1.